The highest BCUT2D eigenvalue weighted by Gasteiger charge is 2.41. The minimum atomic E-state index is -1.83. The monoisotopic (exact) mass is 424 g/mol. The van der Waals surface area contributed by atoms with Gasteiger partial charge in [-0.1, -0.05) is 89.9 Å². The van der Waals surface area contributed by atoms with Crippen LogP contribution in [0.3, 0.4) is 0 Å². The lowest BCUT2D eigenvalue weighted by molar-refractivity contribution is 0.838. The minimum absolute atomic E-state index is 0.607. The van der Waals surface area contributed by atoms with E-state index in [0.717, 1.165) is 28.0 Å². The van der Waals surface area contributed by atoms with Gasteiger partial charge in [0, 0.05) is 11.1 Å². The van der Waals surface area contributed by atoms with Gasteiger partial charge in [-0.25, -0.2) is 4.98 Å². The number of fused-ring (bicyclic) bond motifs is 2. The van der Waals surface area contributed by atoms with Gasteiger partial charge in [-0.05, 0) is 45.6 Å². The number of hydrogen-bond donors (Lipinski definition) is 1. The van der Waals surface area contributed by atoms with Crippen LogP contribution in [0.1, 0.15) is 47.1 Å². The van der Waals surface area contributed by atoms with Crippen molar-refractivity contribution in [3.05, 3.63) is 66.2 Å². The summed E-state index contributed by atoms with van der Waals surface area (Å²) in [4.78, 5) is 8.47. The van der Waals surface area contributed by atoms with Crippen LogP contribution < -0.4 is 0 Å². The molecule has 3 heteroatoms. The topological polar surface area (TPSA) is 28.7 Å². The summed E-state index contributed by atoms with van der Waals surface area (Å²) in [6, 6.07) is 21.1. The van der Waals surface area contributed by atoms with Crippen molar-refractivity contribution >= 4 is 29.9 Å². The van der Waals surface area contributed by atoms with Crippen molar-refractivity contribution in [3.63, 3.8) is 0 Å². The fraction of sp³-hybridized carbons (Fsp3) is 0.321. The molecular formula is C28H32N2Si. The maximum Gasteiger partial charge on any atom is 0.146 e. The molecule has 0 aliphatic rings. The van der Waals surface area contributed by atoms with Gasteiger partial charge in [-0.15, -0.1) is 5.54 Å². The average molecular weight is 425 g/mol. The van der Waals surface area contributed by atoms with Crippen LogP contribution >= 0.6 is 0 Å². The smallest absolute Gasteiger partial charge is 0.146 e. The fourth-order valence-electron chi connectivity index (χ4n) is 5.31. The zero-order valence-electron chi connectivity index (χ0n) is 19.5. The lowest BCUT2D eigenvalue weighted by Crippen LogP contribution is -2.43. The summed E-state index contributed by atoms with van der Waals surface area (Å²) >= 11 is 0. The molecule has 0 atom stereocenters. The Bertz CT molecular complexity index is 1230. The normalized spacial score (nSPS) is 12.2. The molecule has 0 aliphatic heterocycles. The molecule has 0 saturated heterocycles. The molecule has 2 nitrogen and oxygen atoms in total. The molecule has 1 heterocycles. The van der Waals surface area contributed by atoms with E-state index in [-0.39, 0.29) is 0 Å². The van der Waals surface area contributed by atoms with Gasteiger partial charge in [0.15, 0.2) is 0 Å². The first-order valence-corrected chi connectivity index (χ1v) is 13.6. The molecule has 0 amide bonds. The van der Waals surface area contributed by atoms with E-state index in [1.165, 1.54) is 10.8 Å². The molecule has 0 spiro atoms. The predicted octanol–water partition coefficient (Wildman–Crippen LogP) is 7.95. The predicted molar refractivity (Wildman–Crippen MR) is 137 cm³/mol. The number of para-hydroxylation sites is 2. The summed E-state index contributed by atoms with van der Waals surface area (Å²) < 4.78 is 0. The molecule has 1 N–H and O–H groups in total. The van der Waals surface area contributed by atoms with E-state index in [1.54, 1.807) is 0 Å². The lowest BCUT2D eigenvalue weighted by Gasteiger charge is -2.38. The number of imidazole rings is 1. The summed E-state index contributed by atoms with van der Waals surface area (Å²) in [5, 5.41) is 2.41. The second-order valence-electron chi connectivity index (χ2n) is 9.46. The Balaban J connectivity index is 1.98. The van der Waals surface area contributed by atoms with Gasteiger partial charge in [-0.2, -0.15) is 0 Å². The molecule has 158 valence electrons. The second-order valence-corrected chi connectivity index (χ2v) is 15.0. The first-order valence-electron chi connectivity index (χ1n) is 11.3. The molecule has 0 fully saturated rings. The van der Waals surface area contributed by atoms with E-state index >= 15 is 0 Å². The Hall–Kier alpha value is -2.83. The number of rotatable bonds is 4. The van der Waals surface area contributed by atoms with E-state index in [1.807, 2.05) is 12.1 Å². The van der Waals surface area contributed by atoms with Crippen LogP contribution in [0.25, 0.3) is 33.2 Å². The zero-order chi connectivity index (χ0) is 22.2. The highest BCUT2D eigenvalue weighted by Crippen LogP contribution is 2.41. The van der Waals surface area contributed by atoms with E-state index in [4.69, 9.17) is 4.98 Å². The number of aromatic nitrogens is 2. The van der Waals surface area contributed by atoms with Crippen molar-refractivity contribution < 1.29 is 0 Å². The summed E-state index contributed by atoms with van der Waals surface area (Å²) in [5.41, 5.74) is 9.94. The average Bonchev–Trinajstić information content (AvgIpc) is 3.16. The maximum atomic E-state index is 4.93. The Morgan fingerprint density at radius 1 is 0.774 bits per heavy atom. The van der Waals surface area contributed by atoms with Crippen LogP contribution in [0.5, 0.6) is 0 Å². The van der Waals surface area contributed by atoms with Crippen molar-refractivity contribution in [2.75, 3.05) is 0 Å². The zero-order valence-corrected chi connectivity index (χ0v) is 20.5. The van der Waals surface area contributed by atoms with Gasteiger partial charge in [0.1, 0.15) is 13.9 Å². The molecule has 0 bridgehead atoms. The number of hydrogen-bond acceptors (Lipinski definition) is 1. The summed E-state index contributed by atoms with van der Waals surface area (Å²) in [5.74, 6) is 4.58. The van der Waals surface area contributed by atoms with Crippen LogP contribution in [0.2, 0.25) is 16.6 Å². The molecule has 1 aromatic heterocycles. The molecule has 0 aliphatic carbocycles. The number of aromatic amines is 1. The molecule has 4 aromatic rings. The number of nitrogens with zero attached hydrogens (tertiary/aromatic N) is 1. The SMILES string of the molecule is CC(C)[Si](C#Cc1ccc2ccccc2c1-c1nc2ccccc2[nH]1)(C(C)C)C(C)C. The van der Waals surface area contributed by atoms with Gasteiger partial charge in [0.2, 0.25) is 0 Å². The second kappa shape index (κ2) is 8.36. The van der Waals surface area contributed by atoms with Crippen LogP contribution in [-0.2, 0) is 0 Å². The van der Waals surface area contributed by atoms with Crippen molar-refractivity contribution in [1.29, 1.82) is 0 Å². The van der Waals surface area contributed by atoms with Crippen molar-refractivity contribution in [2.24, 2.45) is 0 Å². The van der Waals surface area contributed by atoms with Crippen molar-refractivity contribution in [3.8, 4) is 22.9 Å². The van der Waals surface area contributed by atoms with Crippen LogP contribution in [-0.4, -0.2) is 18.0 Å². The highest BCUT2D eigenvalue weighted by atomic mass is 28.3. The third-order valence-corrected chi connectivity index (χ3v) is 13.1. The van der Waals surface area contributed by atoms with Crippen LogP contribution in [0.4, 0.5) is 0 Å². The largest absolute Gasteiger partial charge is 0.338 e. The maximum absolute atomic E-state index is 4.93. The van der Waals surface area contributed by atoms with E-state index in [0.29, 0.717) is 16.6 Å². The summed E-state index contributed by atoms with van der Waals surface area (Å²) in [6.45, 7) is 14.2. The quantitative estimate of drug-likeness (QED) is 0.261. The molecule has 4 rings (SSSR count). The van der Waals surface area contributed by atoms with Gasteiger partial charge < -0.3 is 4.98 Å². The lowest BCUT2D eigenvalue weighted by atomic mass is 9.99. The summed E-state index contributed by atoms with van der Waals surface area (Å²) in [6.07, 6.45) is 0. The minimum Gasteiger partial charge on any atom is -0.338 e. The molecular weight excluding hydrogens is 392 g/mol. The first-order chi connectivity index (χ1) is 14.8. The van der Waals surface area contributed by atoms with E-state index in [9.17, 15) is 0 Å². The molecule has 0 unspecified atom stereocenters. The Morgan fingerprint density at radius 2 is 1.42 bits per heavy atom. The molecule has 3 aromatic carbocycles. The molecule has 0 radical (unpaired) electrons. The highest BCUT2D eigenvalue weighted by molar-refractivity contribution is 6.90. The Labute approximate surface area is 187 Å². The fourth-order valence-corrected chi connectivity index (χ4v) is 10.5. The third kappa shape index (κ3) is 3.70. The number of H-pyrrole nitrogens is 1. The first kappa shape index (κ1) is 21.4. The Morgan fingerprint density at radius 3 is 2.10 bits per heavy atom. The number of benzene rings is 3. The standard InChI is InChI=1S/C28H32N2Si/c1-19(2)31(20(3)4,21(5)6)18-17-23-16-15-22-11-7-8-12-24(22)27(23)28-29-25-13-9-10-14-26(25)30-28/h7-16,19-21H,1-6H3,(H,29,30). The van der Waals surface area contributed by atoms with Crippen molar-refractivity contribution in [2.45, 2.75) is 58.2 Å². The van der Waals surface area contributed by atoms with Crippen molar-refractivity contribution in [1.82, 2.24) is 9.97 Å². The van der Waals surface area contributed by atoms with Gasteiger partial charge in [-0.3, -0.25) is 0 Å². The molecule has 31 heavy (non-hydrogen) atoms. The van der Waals surface area contributed by atoms with Gasteiger partial charge in [0.25, 0.3) is 0 Å². The van der Waals surface area contributed by atoms with E-state index in [2.05, 4.69) is 107 Å². The third-order valence-electron chi connectivity index (χ3n) is 6.83. The van der Waals surface area contributed by atoms with E-state index < -0.39 is 8.07 Å². The van der Waals surface area contributed by atoms with Crippen LogP contribution in [0.15, 0.2) is 60.7 Å². The number of nitrogens with one attached hydrogen (secondary N) is 1. The van der Waals surface area contributed by atoms with Gasteiger partial charge >= 0.3 is 0 Å². The molecule has 0 saturated carbocycles. The van der Waals surface area contributed by atoms with Gasteiger partial charge in [0.05, 0.1) is 11.0 Å². The van der Waals surface area contributed by atoms with Crippen LogP contribution in [0, 0.1) is 11.5 Å². The summed E-state index contributed by atoms with van der Waals surface area (Å²) in [7, 11) is -1.83. The Kier molecular flexibility index (Phi) is 5.77.